The number of amides is 2. The van der Waals surface area contributed by atoms with Crippen LogP contribution in [0.25, 0.3) is 0 Å². The van der Waals surface area contributed by atoms with Gasteiger partial charge in [0.15, 0.2) is 6.10 Å². The minimum atomic E-state index is -0.515. The van der Waals surface area contributed by atoms with Gasteiger partial charge in [-0.2, -0.15) is 0 Å². The van der Waals surface area contributed by atoms with Crippen molar-refractivity contribution in [3.05, 3.63) is 48.0 Å². The van der Waals surface area contributed by atoms with Gasteiger partial charge in [0.25, 0.3) is 5.91 Å². The lowest BCUT2D eigenvalue weighted by Gasteiger charge is -2.23. The average molecular weight is 385 g/mol. The second kappa shape index (κ2) is 7.64. The summed E-state index contributed by atoms with van der Waals surface area (Å²) >= 11 is 1.49. The van der Waals surface area contributed by atoms with Gasteiger partial charge in [0, 0.05) is 10.6 Å². The molecule has 3 rings (SSSR count). The molecule has 0 aliphatic carbocycles. The van der Waals surface area contributed by atoms with E-state index < -0.39 is 6.10 Å². The van der Waals surface area contributed by atoms with Gasteiger partial charge in [0.2, 0.25) is 5.91 Å². The maximum Gasteiger partial charge on any atom is 0.265 e. The van der Waals surface area contributed by atoms with Gasteiger partial charge in [-0.05, 0) is 48.2 Å². The number of hydrogen-bond donors (Lipinski definition) is 2. The Kier molecular flexibility index (Phi) is 5.46. The van der Waals surface area contributed by atoms with E-state index in [1.165, 1.54) is 17.3 Å². The van der Waals surface area contributed by atoms with E-state index in [1.54, 1.807) is 25.1 Å². The highest BCUT2D eigenvalue weighted by Crippen LogP contribution is 2.32. The minimum Gasteiger partial charge on any atom is -0.479 e. The molecular formula is C21H24N2O3S. The van der Waals surface area contributed by atoms with Gasteiger partial charge in [-0.25, -0.2) is 0 Å². The van der Waals surface area contributed by atoms with E-state index in [1.807, 2.05) is 12.1 Å². The van der Waals surface area contributed by atoms with Crippen molar-refractivity contribution < 1.29 is 14.3 Å². The topological polar surface area (TPSA) is 67.4 Å². The van der Waals surface area contributed by atoms with Gasteiger partial charge >= 0.3 is 0 Å². The minimum absolute atomic E-state index is 0.101. The second-order valence-corrected chi connectivity index (χ2v) is 8.62. The van der Waals surface area contributed by atoms with Crippen molar-refractivity contribution in [2.24, 2.45) is 0 Å². The summed E-state index contributed by atoms with van der Waals surface area (Å²) in [5, 5.41) is 5.64. The lowest BCUT2D eigenvalue weighted by molar-refractivity contribution is -0.122. The molecule has 0 aromatic heterocycles. The molecule has 0 fully saturated rings. The molecule has 5 nitrogen and oxygen atoms in total. The van der Waals surface area contributed by atoms with Gasteiger partial charge in [-0.1, -0.05) is 32.9 Å². The third kappa shape index (κ3) is 4.83. The monoisotopic (exact) mass is 384 g/mol. The van der Waals surface area contributed by atoms with Crippen molar-refractivity contribution in [2.75, 3.05) is 16.4 Å². The fourth-order valence-corrected chi connectivity index (χ4v) is 3.38. The lowest BCUT2D eigenvalue weighted by atomic mass is 9.87. The number of ether oxygens (including phenoxy) is 1. The Hall–Kier alpha value is -2.47. The number of benzene rings is 2. The van der Waals surface area contributed by atoms with Crippen LogP contribution in [-0.4, -0.2) is 23.7 Å². The van der Waals surface area contributed by atoms with Crippen LogP contribution in [-0.2, 0) is 15.0 Å². The van der Waals surface area contributed by atoms with E-state index in [0.717, 1.165) is 4.90 Å². The molecule has 0 bridgehead atoms. The first kappa shape index (κ1) is 19.3. The molecule has 1 aliphatic rings. The van der Waals surface area contributed by atoms with Crippen LogP contribution in [0.2, 0.25) is 0 Å². The predicted octanol–water partition coefficient (Wildman–Crippen LogP) is 4.43. The number of rotatable bonds is 4. The molecule has 0 spiro atoms. The Bertz CT molecular complexity index is 857. The summed E-state index contributed by atoms with van der Waals surface area (Å²) in [4.78, 5) is 25.0. The molecule has 1 unspecified atom stereocenters. The Morgan fingerprint density at radius 1 is 1.19 bits per heavy atom. The number of hydrogen-bond acceptors (Lipinski definition) is 4. The number of thioether (sulfide) groups is 1. The SMILES string of the molecule is CC1Oc2ccc(NC(=O)CSc3ccc(C(C)(C)C)cc3)cc2NC1=O. The molecule has 0 saturated carbocycles. The molecule has 2 aromatic rings. The third-order valence-corrected chi connectivity index (χ3v) is 5.30. The molecular weight excluding hydrogens is 360 g/mol. The molecule has 0 saturated heterocycles. The van der Waals surface area contributed by atoms with Crippen LogP contribution < -0.4 is 15.4 Å². The largest absolute Gasteiger partial charge is 0.479 e. The summed E-state index contributed by atoms with van der Waals surface area (Å²) < 4.78 is 5.51. The molecule has 0 radical (unpaired) electrons. The maximum absolute atomic E-state index is 12.2. The number of carbonyl (C=O) groups excluding carboxylic acids is 2. The van der Waals surface area contributed by atoms with Crippen LogP contribution in [0.3, 0.4) is 0 Å². The number of fused-ring (bicyclic) bond motifs is 1. The standard InChI is InChI=1S/C21H24N2O3S/c1-13-20(25)23-17-11-15(7-10-18(17)26-13)22-19(24)12-27-16-8-5-14(6-9-16)21(2,3)4/h5-11,13H,12H2,1-4H3,(H,22,24)(H,23,25). The van der Waals surface area contributed by atoms with Crippen molar-refractivity contribution in [3.63, 3.8) is 0 Å². The molecule has 2 N–H and O–H groups in total. The summed E-state index contributed by atoms with van der Waals surface area (Å²) in [5.74, 6) is 0.621. The van der Waals surface area contributed by atoms with Crippen LogP contribution in [0.1, 0.15) is 33.3 Å². The molecule has 142 valence electrons. The highest BCUT2D eigenvalue weighted by molar-refractivity contribution is 8.00. The second-order valence-electron chi connectivity index (χ2n) is 7.57. The van der Waals surface area contributed by atoms with Crippen molar-refractivity contribution in [1.29, 1.82) is 0 Å². The Morgan fingerprint density at radius 2 is 1.89 bits per heavy atom. The number of nitrogens with one attached hydrogen (secondary N) is 2. The van der Waals surface area contributed by atoms with Crippen LogP contribution >= 0.6 is 11.8 Å². The van der Waals surface area contributed by atoms with E-state index in [4.69, 9.17) is 4.74 Å². The molecule has 6 heteroatoms. The number of anilines is 2. The summed E-state index contributed by atoms with van der Waals surface area (Å²) in [6.45, 7) is 8.22. The maximum atomic E-state index is 12.2. The van der Waals surface area contributed by atoms with Gasteiger partial charge in [-0.3, -0.25) is 9.59 Å². The molecule has 2 aromatic carbocycles. The first-order valence-electron chi connectivity index (χ1n) is 8.87. The van der Waals surface area contributed by atoms with Crippen LogP contribution in [0.5, 0.6) is 5.75 Å². The summed E-state index contributed by atoms with van der Waals surface area (Å²) in [6, 6.07) is 13.5. The average Bonchev–Trinajstić information content (AvgIpc) is 2.61. The summed E-state index contributed by atoms with van der Waals surface area (Å²) in [5.41, 5.74) is 2.58. The van der Waals surface area contributed by atoms with Crippen LogP contribution in [0.4, 0.5) is 11.4 Å². The van der Waals surface area contributed by atoms with Crippen molar-refractivity contribution in [3.8, 4) is 5.75 Å². The Balaban J connectivity index is 1.57. The zero-order valence-corrected chi connectivity index (χ0v) is 16.8. The summed E-state index contributed by atoms with van der Waals surface area (Å²) in [7, 11) is 0. The molecule has 2 amide bonds. The van der Waals surface area contributed by atoms with E-state index in [9.17, 15) is 9.59 Å². The van der Waals surface area contributed by atoms with Gasteiger partial charge in [-0.15, -0.1) is 11.8 Å². The molecule has 1 atom stereocenters. The Morgan fingerprint density at radius 3 is 2.56 bits per heavy atom. The fourth-order valence-electron chi connectivity index (χ4n) is 2.68. The zero-order chi connectivity index (χ0) is 19.6. The quantitative estimate of drug-likeness (QED) is 0.765. The first-order chi connectivity index (χ1) is 12.7. The van der Waals surface area contributed by atoms with Crippen LogP contribution in [0, 0.1) is 0 Å². The van der Waals surface area contributed by atoms with E-state index >= 15 is 0 Å². The number of carbonyl (C=O) groups is 2. The highest BCUT2D eigenvalue weighted by Gasteiger charge is 2.23. The van der Waals surface area contributed by atoms with Crippen molar-refractivity contribution >= 4 is 35.0 Å². The van der Waals surface area contributed by atoms with Crippen molar-refractivity contribution in [2.45, 2.75) is 44.1 Å². The van der Waals surface area contributed by atoms with E-state index in [-0.39, 0.29) is 17.2 Å². The summed E-state index contributed by atoms with van der Waals surface area (Å²) in [6.07, 6.45) is -0.515. The smallest absolute Gasteiger partial charge is 0.265 e. The molecule has 1 aliphatic heterocycles. The molecule has 1 heterocycles. The van der Waals surface area contributed by atoms with Gasteiger partial charge in [0.05, 0.1) is 11.4 Å². The molecule has 27 heavy (non-hydrogen) atoms. The van der Waals surface area contributed by atoms with Gasteiger partial charge in [0.1, 0.15) is 5.75 Å². The zero-order valence-electron chi connectivity index (χ0n) is 16.0. The fraction of sp³-hybridized carbons (Fsp3) is 0.333. The first-order valence-corrected chi connectivity index (χ1v) is 9.86. The van der Waals surface area contributed by atoms with Crippen molar-refractivity contribution in [1.82, 2.24) is 0 Å². The van der Waals surface area contributed by atoms with E-state index in [2.05, 4.69) is 43.5 Å². The predicted molar refractivity (Wildman–Crippen MR) is 110 cm³/mol. The van der Waals surface area contributed by atoms with E-state index in [0.29, 0.717) is 22.9 Å². The third-order valence-electron chi connectivity index (χ3n) is 4.28. The van der Waals surface area contributed by atoms with Crippen LogP contribution in [0.15, 0.2) is 47.4 Å². The Labute approximate surface area is 163 Å². The lowest BCUT2D eigenvalue weighted by Crippen LogP contribution is -2.34. The van der Waals surface area contributed by atoms with Gasteiger partial charge < -0.3 is 15.4 Å². The highest BCUT2D eigenvalue weighted by atomic mass is 32.2. The normalized spacial score (nSPS) is 16.1.